The Kier molecular flexibility index (Phi) is 5.30. The van der Waals surface area contributed by atoms with Gasteiger partial charge < -0.3 is 10.1 Å². The fourth-order valence-electron chi connectivity index (χ4n) is 2.81. The van der Waals surface area contributed by atoms with Crippen LogP contribution in [-0.4, -0.2) is 18.0 Å². The number of benzene rings is 2. The molecule has 1 aliphatic carbocycles. The molecule has 1 atom stereocenters. The van der Waals surface area contributed by atoms with Crippen LogP contribution in [0.15, 0.2) is 36.4 Å². The largest absolute Gasteiger partial charge is 0.449 e. The Hall–Kier alpha value is -2.04. The zero-order valence-electron chi connectivity index (χ0n) is 13.6. The van der Waals surface area contributed by atoms with Crippen molar-refractivity contribution in [3.05, 3.63) is 63.1 Å². The van der Waals surface area contributed by atoms with E-state index in [4.69, 9.17) is 27.9 Å². The molecular weight excluding hydrogens is 361 g/mol. The number of fused-ring (bicyclic) bond motifs is 1. The van der Waals surface area contributed by atoms with Crippen LogP contribution in [0.3, 0.4) is 0 Å². The molecule has 0 radical (unpaired) electrons. The normalized spacial score (nSPS) is 13.9. The zero-order valence-corrected chi connectivity index (χ0v) is 15.2. The van der Waals surface area contributed by atoms with Gasteiger partial charge in [0.2, 0.25) is 0 Å². The zero-order chi connectivity index (χ0) is 18.0. The van der Waals surface area contributed by atoms with Crippen LogP contribution in [0.2, 0.25) is 10.0 Å². The van der Waals surface area contributed by atoms with E-state index < -0.39 is 18.0 Å². The van der Waals surface area contributed by atoms with Crippen LogP contribution >= 0.6 is 23.2 Å². The van der Waals surface area contributed by atoms with Gasteiger partial charge in [-0.25, -0.2) is 4.79 Å². The number of amides is 1. The molecular formula is C19H17Cl2NO3. The molecule has 1 unspecified atom stereocenters. The van der Waals surface area contributed by atoms with Crippen molar-refractivity contribution >= 4 is 40.8 Å². The van der Waals surface area contributed by atoms with E-state index in [9.17, 15) is 9.59 Å². The first kappa shape index (κ1) is 17.8. The van der Waals surface area contributed by atoms with E-state index in [2.05, 4.69) is 5.32 Å². The summed E-state index contributed by atoms with van der Waals surface area (Å²) in [6, 6.07) is 10.3. The van der Waals surface area contributed by atoms with Gasteiger partial charge in [0, 0.05) is 5.02 Å². The summed E-state index contributed by atoms with van der Waals surface area (Å²) in [6.07, 6.45) is 2.17. The molecule has 25 heavy (non-hydrogen) atoms. The van der Waals surface area contributed by atoms with E-state index in [-0.39, 0.29) is 0 Å². The number of carbonyl (C=O) groups excluding carboxylic acids is 2. The lowest BCUT2D eigenvalue weighted by atomic mass is 10.1. The topological polar surface area (TPSA) is 55.4 Å². The number of anilines is 1. The highest BCUT2D eigenvalue weighted by atomic mass is 35.5. The molecule has 1 aliphatic rings. The molecule has 4 nitrogen and oxygen atoms in total. The van der Waals surface area contributed by atoms with Gasteiger partial charge in [-0.3, -0.25) is 4.79 Å². The third-order valence-electron chi connectivity index (χ3n) is 4.18. The molecule has 0 aliphatic heterocycles. The highest BCUT2D eigenvalue weighted by molar-refractivity contribution is 6.36. The number of aryl methyl sites for hydroxylation is 2. The number of hydrogen-bond acceptors (Lipinski definition) is 3. The maximum Gasteiger partial charge on any atom is 0.338 e. The van der Waals surface area contributed by atoms with Gasteiger partial charge >= 0.3 is 5.97 Å². The van der Waals surface area contributed by atoms with Crippen LogP contribution in [-0.2, 0) is 22.4 Å². The molecule has 1 N–H and O–H groups in total. The van der Waals surface area contributed by atoms with Crippen LogP contribution in [0, 0.1) is 0 Å². The van der Waals surface area contributed by atoms with Gasteiger partial charge in [-0.1, -0.05) is 29.3 Å². The lowest BCUT2D eigenvalue weighted by molar-refractivity contribution is -0.123. The minimum absolute atomic E-state index is 0.318. The van der Waals surface area contributed by atoms with Crippen LogP contribution in [0.1, 0.15) is 34.8 Å². The second kappa shape index (κ2) is 7.46. The molecule has 0 saturated carbocycles. The molecule has 2 aromatic carbocycles. The molecule has 130 valence electrons. The van der Waals surface area contributed by atoms with Gasteiger partial charge in [-0.05, 0) is 67.6 Å². The molecule has 0 aromatic heterocycles. The summed E-state index contributed by atoms with van der Waals surface area (Å²) in [4.78, 5) is 24.5. The Morgan fingerprint density at radius 2 is 1.84 bits per heavy atom. The smallest absolute Gasteiger partial charge is 0.338 e. The summed E-state index contributed by atoms with van der Waals surface area (Å²) in [7, 11) is 0. The minimum atomic E-state index is -0.951. The lowest BCUT2D eigenvalue weighted by Crippen LogP contribution is -2.30. The number of nitrogens with one attached hydrogen (secondary N) is 1. The molecule has 6 heteroatoms. The highest BCUT2D eigenvalue weighted by Crippen LogP contribution is 2.26. The summed E-state index contributed by atoms with van der Waals surface area (Å²) >= 11 is 11.9. The monoisotopic (exact) mass is 377 g/mol. The Labute approximate surface area is 156 Å². The highest BCUT2D eigenvalue weighted by Gasteiger charge is 2.21. The number of rotatable bonds is 4. The van der Waals surface area contributed by atoms with Crippen molar-refractivity contribution in [2.75, 3.05) is 5.32 Å². The van der Waals surface area contributed by atoms with E-state index in [1.807, 2.05) is 12.1 Å². The SMILES string of the molecule is CC(OC(=O)c1ccc2c(c1)CCC2)C(=O)Nc1ccc(Cl)cc1Cl. The van der Waals surface area contributed by atoms with Crippen molar-refractivity contribution in [1.82, 2.24) is 0 Å². The quantitative estimate of drug-likeness (QED) is 0.787. The van der Waals surface area contributed by atoms with Crippen molar-refractivity contribution in [3.63, 3.8) is 0 Å². The van der Waals surface area contributed by atoms with E-state index in [1.165, 1.54) is 24.1 Å². The maximum atomic E-state index is 12.3. The van der Waals surface area contributed by atoms with Gasteiger partial charge in [0.05, 0.1) is 16.3 Å². The van der Waals surface area contributed by atoms with Crippen molar-refractivity contribution < 1.29 is 14.3 Å². The van der Waals surface area contributed by atoms with Gasteiger partial charge in [-0.2, -0.15) is 0 Å². The minimum Gasteiger partial charge on any atom is -0.449 e. The van der Waals surface area contributed by atoms with Crippen molar-refractivity contribution in [1.29, 1.82) is 0 Å². The second-order valence-electron chi connectivity index (χ2n) is 6.00. The fourth-order valence-corrected chi connectivity index (χ4v) is 3.26. The molecule has 0 fully saturated rings. The van der Waals surface area contributed by atoms with E-state index >= 15 is 0 Å². The third kappa shape index (κ3) is 4.14. The molecule has 3 rings (SSSR count). The van der Waals surface area contributed by atoms with Crippen LogP contribution in [0.5, 0.6) is 0 Å². The third-order valence-corrected chi connectivity index (χ3v) is 4.72. The van der Waals surface area contributed by atoms with Crippen molar-refractivity contribution in [2.24, 2.45) is 0 Å². The number of halogens is 2. The Balaban J connectivity index is 1.63. The number of esters is 1. The number of hydrogen-bond donors (Lipinski definition) is 1. The van der Waals surface area contributed by atoms with Crippen LogP contribution in [0.4, 0.5) is 5.69 Å². The second-order valence-corrected chi connectivity index (χ2v) is 6.84. The van der Waals surface area contributed by atoms with E-state index in [1.54, 1.807) is 18.2 Å². The number of carbonyl (C=O) groups is 2. The molecule has 0 bridgehead atoms. The lowest BCUT2D eigenvalue weighted by Gasteiger charge is -2.14. The first-order chi connectivity index (χ1) is 11.9. The van der Waals surface area contributed by atoms with E-state index in [0.717, 1.165) is 19.3 Å². The molecule has 2 aromatic rings. The maximum absolute atomic E-state index is 12.3. The molecule has 1 amide bonds. The molecule has 0 spiro atoms. The fraction of sp³-hybridized carbons (Fsp3) is 0.263. The average Bonchev–Trinajstić information content (AvgIpc) is 3.04. The van der Waals surface area contributed by atoms with Crippen molar-refractivity contribution in [3.8, 4) is 0 Å². The first-order valence-electron chi connectivity index (χ1n) is 8.03. The van der Waals surface area contributed by atoms with E-state index in [0.29, 0.717) is 21.3 Å². The molecule has 0 heterocycles. The van der Waals surface area contributed by atoms with Crippen molar-refractivity contribution in [2.45, 2.75) is 32.3 Å². The summed E-state index contributed by atoms with van der Waals surface area (Å²) in [5.74, 6) is -0.974. The predicted octanol–water partition coefficient (Wildman–Crippen LogP) is 4.67. The summed E-state index contributed by atoms with van der Waals surface area (Å²) in [6.45, 7) is 1.52. The Morgan fingerprint density at radius 1 is 1.08 bits per heavy atom. The first-order valence-corrected chi connectivity index (χ1v) is 8.78. The summed E-state index contributed by atoms with van der Waals surface area (Å²) < 4.78 is 5.27. The van der Waals surface area contributed by atoms with Crippen LogP contribution < -0.4 is 5.32 Å². The standard InChI is InChI=1S/C19H17Cl2NO3/c1-11(18(23)22-17-8-7-15(20)10-16(17)21)25-19(24)14-6-5-12-3-2-4-13(12)9-14/h5-11H,2-4H2,1H3,(H,22,23). The predicted molar refractivity (Wildman–Crippen MR) is 98.4 cm³/mol. The average molecular weight is 378 g/mol. The Bertz CT molecular complexity index is 835. The number of ether oxygens (including phenoxy) is 1. The summed E-state index contributed by atoms with van der Waals surface area (Å²) in [5.41, 5.74) is 3.33. The summed E-state index contributed by atoms with van der Waals surface area (Å²) in [5, 5.41) is 3.42. The van der Waals surface area contributed by atoms with Gasteiger partial charge in [0.1, 0.15) is 0 Å². The van der Waals surface area contributed by atoms with Gasteiger partial charge in [0.25, 0.3) is 5.91 Å². The molecule has 0 saturated heterocycles. The van der Waals surface area contributed by atoms with Gasteiger partial charge in [-0.15, -0.1) is 0 Å². The Morgan fingerprint density at radius 3 is 2.60 bits per heavy atom. The van der Waals surface area contributed by atoms with Gasteiger partial charge in [0.15, 0.2) is 6.10 Å². The van der Waals surface area contributed by atoms with Crippen LogP contribution in [0.25, 0.3) is 0 Å².